The number of para-hydroxylation sites is 1. The monoisotopic (exact) mass is 425 g/mol. The van der Waals surface area contributed by atoms with E-state index in [0.29, 0.717) is 0 Å². The average Bonchev–Trinajstić information content (AvgIpc) is 2.39. The van der Waals surface area contributed by atoms with Crippen LogP contribution in [0, 0.1) is 0 Å². The molecule has 0 fully saturated rings. The molecule has 3 heteroatoms. The van der Waals surface area contributed by atoms with Crippen molar-refractivity contribution >= 4 is 10.9 Å². The molecule has 2 nitrogen and oxygen atoms in total. The van der Waals surface area contributed by atoms with Crippen molar-refractivity contribution in [1.82, 2.24) is 4.98 Å². The molecule has 3 rings (SSSR count). The zero-order valence-corrected chi connectivity index (χ0v) is 15.5. The first-order valence-electron chi connectivity index (χ1n) is 5.34. The van der Waals surface area contributed by atoms with Crippen LogP contribution < -0.4 is 0 Å². The predicted molar refractivity (Wildman–Crippen MR) is 70.8 cm³/mol. The number of hydrogen-bond acceptors (Lipinski definition) is 1. The minimum absolute atomic E-state index is 0. The Kier molecular flexibility index (Phi) is 5.44. The van der Waals surface area contributed by atoms with Gasteiger partial charge in [-0.15, -0.1) is 0 Å². The fraction of sp³-hybridized carbons (Fsp3) is 0. The summed E-state index contributed by atoms with van der Waals surface area (Å²) in [6.07, 6.45) is 1.84. The number of pyridine rings is 1. The van der Waals surface area contributed by atoms with Gasteiger partial charge in [0.25, 0.3) is 0 Å². The summed E-state index contributed by atoms with van der Waals surface area (Å²) in [6, 6.07) is 20.7. The Morgan fingerprint density at radius 3 is 2.22 bits per heavy atom. The summed E-state index contributed by atoms with van der Waals surface area (Å²) >= 11 is 0. The Bertz CT molecular complexity index is 620. The van der Waals surface area contributed by atoms with Gasteiger partial charge in [-0.1, -0.05) is 54.6 Å². The molecule has 0 saturated carbocycles. The van der Waals surface area contributed by atoms with Crippen LogP contribution in [0.2, 0.25) is 0 Å². The zero-order valence-electron chi connectivity index (χ0n) is 10.0. The summed E-state index contributed by atoms with van der Waals surface area (Å²) in [6.45, 7) is 0. The van der Waals surface area contributed by atoms with E-state index in [1.165, 1.54) is 16.5 Å². The molecule has 86 valence electrons. The standard InChI is InChI=1S/C15H11N.Hg.H2O/c1-2-6-12(7-3-1)14-10-4-8-13-9-5-11-16-15(13)14;;/h1-11H;;1H2. The number of benzene rings is 2. The number of fused-ring (bicyclic) bond motifs is 1. The molecule has 2 aromatic carbocycles. The third-order valence-electron chi connectivity index (χ3n) is 2.72. The van der Waals surface area contributed by atoms with Crippen LogP contribution in [0.25, 0.3) is 22.0 Å². The molecule has 0 spiro atoms. The van der Waals surface area contributed by atoms with Crippen molar-refractivity contribution in [3.63, 3.8) is 0 Å². The van der Waals surface area contributed by atoms with Gasteiger partial charge in [0, 0.05) is 44.8 Å². The molecule has 0 bridgehead atoms. The third kappa shape index (κ3) is 2.76. The summed E-state index contributed by atoms with van der Waals surface area (Å²) in [5.74, 6) is 0. The summed E-state index contributed by atoms with van der Waals surface area (Å²) in [5.41, 5.74) is 3.47. The largest absolute Gasteiger partial charge is 0.412 e. The molecule has 0 saturated heterocycles. The molecular formula is C15H13HgNO. The smallest absolute Gasteiger partial charge is 0.0780 e. The molecule has 0 unspecified atom stereocenters. The molecule has 0 aliphatic carbocycles. The maximum Gasteiger partial charge on any atom is 0.0780 e. The number of rotatable bonds is 1. The van der Waals surface area contributed by atoms with Gasteiger partial charge < -0.3 is 5.48 Å². The number of aromatic nitrogens is 1. The van der Waals surface area contributed by atoms with Crippen LogP contribution in [0.5, 0.6) is 0 Å². The summed E-state index contributed by atoms with van der Waals surface area (Å²) in [4.78, 5) is 4.46. The summed E-state index contributed by atoms with van der Waals surface area (Å²) in [5, 5.41) is 1.18. The maximum absolute atomic E-state index is 4.46. The Labute approximate surface area is 127 Å². The van der Waals surface area contributed by atoms with Crippen LogP contribution in [0.3, 0.4) is 0 Å². The Hall–Kier alpha value is -1.25. The second-order valence-electron chi connectivity index (χ2n) is 3.75. The average molecular weight is 424 g/mol. The fourth-order valence-electron chi connectivity index (χ4n) is 1.95. The summed E-state index contributed by atoms with van der Waals surface area (Å²) < 4.78 is 0. The van der Waals surface area contributed by atoms with Crippen molar-refractivity contribution in [2.45, 2.75) is 0 Å². The topological polar surface area (TPSA) is 44.4 Å². The van der Waals surface area contributed by atoms with E-state index < -0.39 is 0 Å². The number of hydrogen-bond donors (Lipinski definition) is 0. The molecule has 3 aromatic rings. The first-order chi connectivity index (χ1) is 7.95. The molecule has 0 aliphatic rings. The van der Waals surface area contributed by atoms with Crippen molar-refractivity contribution < 1.29 is 33.1 Å². The van der Waals surface area contributed by atoms with Crippen molar-refractivity contribution in [2.75, 3.05) is 0 Å². The first-order valence-corrected chi connectivity index (χ1v) is 5.34. The van der Waals surface area contributed by atoms with Gasteiger partial charge in [-0.05, 0) is 11.6 Å². The van der Waals surface area contributed by atoms with Crippen LogP contribution in [0.15, 0.2) is 66.9 Å². The van der Waals surface area contributed by atoms with Gasteiger partial charge in [-0.3, -0.25) is 4.98 Å². The van der Waals surface area contributed by atoms with Crippen LogP contribution >= 0.6 is 0 Å². The minimum Gasteiger partial charge on any atom is -0.412 e. The van der Waals surface area contributed by atoms with Crippen molar-refractivity contribution in [2.24, 2.45) is 0 Å². The normalized spacial score (nSPS) is 9.33. The zero-order chi connectivity index (χ0) is 10.8. The molecule has 0 atom stereocenters. The molecule has 1 heterocycles. The Balaban J connectivity index is 0.000000810. The molecule has 0 aliphatic heterocycles. The van der Waals surface area contributed by atoms with E-state index in [2.05, 4.69) is 53.5 Å². The van der Waals surface area contributed by atoms with E-state index in [1.54, 1.807) is 0 Å². The van der Waals surface area contributed by atoms with Gasteiger partial charge in [0.2, 0.25) is 0 Å². The maximum atomic E-state index is 4.46. The van der Waals surface area contributed by atoms with Gasteiger partial charge in [-0.2, -0.15) is 0 Å². The predicted octanol–water partition coefficient (Wildman–Crippen LogP) is 3.07. The Morgan fingerprint density at radius 2 is 1.44 bits per heavy atom. The Morgan fingerprint density at radius 1 is 0.722 bits per heavy atom. The first kappa shape index (κ1) is 14.8. The van der Waals surface area contributed by atoms with Gasteiger partial charge in [0.1, 0.15) is 0 Å². The quantitative estimate of drug-likeness (QED) is 0.555. The fourth-order valence-corrected chi connectivity index (χ4v) is 1.95. The number of nitrogens with zero attached hydrogens (tertiary/aromatic N) is 1. The van der Waals surface area contributed by atoms with E-state index >= 15 is 0 Å². The van der Waals surface area contributed by atoms with E-state index in [-0.39, 0.29) is 33.1 Å². The molecule has 2 N–H and O–H groups in total. The van der Waals surface area contributed by atoms with Crippen LogP contribution in [0.1, 0.15) is 0 Å². The second kappa shape index (κ2) is 6.62. The van der Waals surface area contributed by atoms with Gasteiger partial charge >= 0.3 is 0 Å². The van der Waals surface area contributed by atoms with E-state index in [0.717, 1.165) is 5.52 Å². The molecule has 0 amide bonds. The molecule has 0 radical (unpaired) electrons. The van der Waals surface area contributed by atoms with Crippen LogP contribution in [-0.2, 0) is 27.7 Å². The van der Waals surface area contributed by atoms with Crippen molar-refractivity contribution in [1.29, 1.82) is 0 Å². The van der Waals surface area contributed by atoms with Crippen LogP contribution in [0.4, 0.5) is 0 Å². The van der Waals surface area contributed by atoms with Crippen molar-refractivity contribution in [3.8, 4) is 11.1 Å². The van der Waals surface area contributed by atoms with E-state index in [1.807, 2.05) is 18.3 Å². The SMILES string of the molecule is O.[Hg].c1ccc(-c2cccc3cccnc23)cc1. The molecule has 1 aromatic heterocycles. The van der Waals surface area contributed by atoms with E-state index in [4.69, 9.17) is 0 Å². The van der Waals surface area contributed by atoms with Gasteiger partial charge in [-0.25, -0.2) is 0 Å². The summed E-state index contributed by atoms with van der Waals surface area (Å²) in [7, 11) is 0. The molecular weight excluding hydrogens is 411 g/mol. The van der Waals surface area contributed by atoms with Gasteiger partial charge in [0.05, 0.1) is 5.52 Å². The van der Waals surface area contributed by atoms with Crippen molar-refractivity contribution in [3.05, 3.63) is 66.9 Å². The minimum atomic E-state index is 0. The second-order valence-corrected chi connectivity index (χ2v) is 3.75. The van der Waals surface area contributed by atoms with Crippen LogP contribution in [-0.4, -0.2) is 10.5 Å². The van der Waals surface area contributed by atoms with Gasteiger partial charge in [0.15, 0.2) is 0 Å². The van der Waals surface area contributed by atoms with E-state index in [9.17, 15) is 0 Å². The molecule has 18 heavy (non-hydrogen) atoms. The third-order valence-corrected chi connectivity index (χ3v) is 2.72.